The fraction of sp³-hybridized carbons (Fsp3) is 0.423. The molecule has 0 aliphatic carbocycles. The lowest BCUT2D eigenvalue weighted by molar-refractivity contribution is -0.0651. The first-order valence-corrected chi connectivity index (χ1v) is 11.4. The molecular weight excluding hydrogens is 386 g/mol. The topological polar surface area (TPSA) is 71.6 Å². The van der Waals surface area contributed by atoms with Crippen molar-refractivity contribution in [2.45, 2.75) is 44.9 Å². The second-order valence-corrected chi connectivity index (χ2v) is 9.00. The summed E-state index contributed by atoms with van der Waals surface area (Å²) in [7, 11) is 0. The summed E-state index contributed by atoms with van der Waals surface area (Å²) < 4.78 is 6.44. The number of phenolic OH excluding ortho intramolecular Hbond substituents is 1. The van der Waals surface area contributed by atoms with Gasteiger partial charge in [0, 0.05) is 36.7 Å². The fourth-order valence-corrected chi connectivity index (χ4v) is 5.30. The average molecular weight is 418 g/mol. The van der Waals surface area contributed by atoms with Crippen LogP contribution in [0.3, 0.4) is 0 Å². The van der Waals surface area contributed by atoms with Crippen molar-refractivity contribution in [2.24, 2.45) is 11.7 Å². The molecule has 5 rings (SSSR count). The molecule has 3 heterocycles. The highest BCUT2D eigenvalue weighted by Crippen LogP contribution is 2.40. The van der Waals surface area contributed by atoms with E-state index in [1.54, 1.807) is 0 Å². The van der Waals surface area contributed by atoms with E-state index in [9.17, 15) is 5.11 Å². The van der Waals surface area contributed by atoms with Gasteiger partial charge in [0.1, 0.15) is 5.75 Å². The summed E-state index contributed by atoms with van der Waals surface area (Å²) in [6.07, 6.45) is 4.90. The van der Waals surface area contributed by atoms with E-state index in [1.165, 1.54) is 10.9 Å². The number of benzene rings is 2. The molecule has 0 spiro atoms. The Labute approximate surface area is 183 Å². The monoisotopic (exact) mass is 417 g/mol. The van der Waals surface area contributed by atoms with Crippen LogP contribution in [0.2, 0.25) is 0 Å². The molecule has 5 nitrogen and oxygen atoms in total. The van der Waals surface area contributed by atoms with Crippen LogP contribution >= 0.6 is 0 Å². The zero-order valence-electron chi connectivity index (χ0n) is 18.1. The number of pyridine rings is 1. The molecule has 3 N–H and O–H groups in total. The van der Waals surface area contributed by atoms with Crippen LogP contribution in [0.4, 0.5) is 0 Å². The van der Waals surface area contributed by atoms with Crippen LogP contribution in [0.5, 0.6) is 5.75 Å². The van der Waals surface area contributed by atoms with Gasteiger partial charge >= 0.3 is 0 Å². The Balaban J connectivity index is 1.27. The van der Waals surface area contributed by atoms with E-state index in [0.29, 0.717) is 18.2 Å². The number of phenols is 1. The molecule has 1 fully saturated rings. The predicted octanol–water partition coefficient (Wildman–Crippen LogP) is 4.10. The quantitative estimate of drug-likeness (QED) is 0.669. The van der Waals surface area contributed by atoms with E-state index in [0.717, 1.165) is 61.1 Å². The van der Waals surface area contributed by atoms with Crippen molar-refractivity contribution in [1.82, 2.24) is 9.88 Å². The van der Waals surface area contributed by atoms with Crippen molar-refractivity contribution in [3.8, 4) is 5.75 Å². The minimum Gasteiger partial charge on any atom is -0.507 e. The SMILES string of the molecule is Cc1ccc2c(c1O)CC(C1CCN(Cc3ccnc4ccccc34)CC1)OC2CN. The number of nitrogens with two attached hydrogens (primary N) is 1. The van der Waals surface area contributed by atoms with Crippen LogP contribution < -0.4 is 5.73 Å². The molecule has 2 aromatic carbocycles. The van der Waals surface area contributed by atoms with E-state index in [1.807, 2.05) is 25.3 Å². The minimum absolute atomic E-state index is 0.123. The molecule has 0 saturated carbocycles. The maximum atomic E-state index is 10.7. The van der Waals surface area contributed by atoms with Crippen molar-refractivity contribution in [3.05, 3.63) is 70.9 Å². The van der Waals surface area contributed by atoms with E-state index < -0.39 is 0 Å². The molecule has 2 aliphatic heterocycles. The number of nitrogens with zero attached hydrogens (tertiary/aromatic N) is 2. The molecular formula is C26H31N3O2. The fourth-order valence-electron chi connectivity index (χ4n) is 5.30. The third-order valence-corrected chi connectivity index (χ3v) is 7.12. The first-order valence-electron chi connectivity index (χ1n) is 11.4. The Morgan fingerprint density at radius 1 is 1.13 bits per heavy atom. The van der Waals surface area contributed by atoms with Gasteiger partial charge in [0.15, 0.2) is 0 Å². The largest absolute Gasteiger partial charge is 0.507 e. The number of piperidine rings is 1. The summed E-state index contributed by atoms with van der Waals surface area (Å²) in [6, 6.07) is 14.5. The molecule has 2 unspecified atom stereocenters. The van der Waals surface area contributed by atoms with Gasteiger partial charge in [-0.05, 0) is 67.6 Å². The Morgan fingerprint density at radius 3 is 2.74 bits per heavy atom. The van der Waals surface area contributed by atoms with Gasteiger partial charge in [0.2, 0.25) is 0 Å². The van der Waals surface area contributed by atoms with Gasteiger partial charge in [-0.15, -0.1) is 0 Å². The summed E-state index contributed by atoms with van der Waals surface area (Å²) in [5.41, 5.74) is 11.5. The minimum atomic E-state index is -0.124. The highest BCUT2D eigenvalue weighted by atomic mass is 16.5. The number of hydrogen-bond acceptors (Lipinski definition) is 5. The smallest absolute Gasteiger partial charge is 0.122 e. The molecule has 2 aliphatic rings. The molecule has 2 atom stereocenters. The number of aromatic hydroxyl groups is 1. The summed E-state index contributed by atoms with van der Waals surface area (Å²) in [6.45, 7) is 5.47. The number of fused-ring (bicyclic) bond motifs is 2. The van der Waals surface area contributed by atoms with Crippen molar-refractivity contribution < 1.29 is 9.84 Å². The van der Waals surface area contributed by atoms with Crippen molar-refractivity contribution >= 4 is 10.9 Å². The Morgan fingerprint density at radius 2 is 1.94 bits per heavy atom. The molecule has 0 bridgehead atoms. The van der Waals surface area contributed by atoms with Crippen LogP contribution in [-0.4, -0.2) is 40.7 Å². The molecule has 162 valence electrons. The summed E-state index contributed by atoms with van der Waals surface area (Å²) >= 11 is 0. The maximum absolute atomic E-state index is 10.7. The predicted molar refractivity (Wildman–Crippen MR) is 123 cm³/mol. The van der Waals surface area contributed by atoms with Gasteiger partial charge < -0.3 is 15.6 Å². The lowest BCUT2D eigenvalue weighted by Gasteiger charge is -2.40. The molecule has 0 amide bonds. The normalized spacial score (nSPS) is 22.5. The first-order chi connectivity index (χ1) is 15.1. The molecule has 1 saturated heterocycles. The third-order valence-electron chi connectivity index (χ3n) is 7.12. The first kappa shape index (κ1) is 20.4. The lowest BCUT2D eigenvalue weighted by atomic mass is 9.83. The molecule has 0 radical (unpaired) electrons. The second-order valence-electron chi connectivity index (χ2n) is 9.00. The van der Waals surface area contributed by atoms with Gasteiger partial charge in [-0.25, -0.2) is 0 Å². The van der Waals surface area contributed by atoms with E-state index in [4.69, 9.17) is 10.5 Å². The van der Waals surface area contributed by atoms with Crippen LogP contribution in [0, 0.1) is 12.8 Å². The Hall–Kier alpha value is -2.47. The zero-order valence-corrected chi connectivity index (χ0v) is 18.1. The van der Waals surface area contributed by atoms with Gasteiger partial charge in [-0.2, -0.15) is 0 Å². The Kier molecular flexibility index (Phi) is 5.65. The second kappa shape index (κ2) is 8.58. The van der Waals surface area contributed by atoms with Crippen molar-refractivity contribution in [2.75, 3.05) is 19.6 Å². The Bertz CT molecular complexity index is 1070. The molecule has 5 heteroatoms. The highest BCUT2D eigenvalue weighted by molar-refractivity contribution is 5.81. The lowest BCUT2D eigenvalue weighted by Crippen LogP contribution is -2.42. The number of hydrogen-bond donors (Lipinski definition) is 2. The third kappa shape index (κ3) is 3.93. The van der Waals surface area contributed by atoms with Gasteiger partial charge in [0.25, 0.3) is 0 Å². The van der Waals surface area contributed by atoms with Crippen LogP contribution in [0.15, 0.2) is 48.7 Å². The summed E-state index contributed by atoms with van der Waals surface area (Å²) in [4.78, 5) is 7.03. The number of para-hydroxylation sites is 1. The van der Waals surface area contributed by atoms with Gasteiger partial charge in [0.05, 0.1) is 17.7 Å². The zero-order chi connectivity index (χ0) is 21.4. The highest BCUT2D eigenvalue weighted by Gasteiger charge is 2.35. The number of ether oxygens (including phenoxy) is 1. The molecule has 3 aromatic rings. The maximum Gasteiger partial charge on any atom is 0.122 e. The average Bonchev–Trinajstić information content (AvgIpc) is 2.81. The van der Waals surface area contributed by atoms with E-state index in [-0.39, 0.29) is 12.2 Å². The number of rotatable bonds is 4. The van der Waals surface area contributed by atoms with Gasteiger partial charge in [-0.3, -0.25) is 9.88 Å². The number of aryl methyl sites for hydroxylation is 1. The summed E-state index contributed by atoms with van der Waals surface area (Å²) in [5.74, 6) is 0.916. The van der Waals surface area contributed by atoms with E-state index in [2.05, 4.69) is 40.2 Å². The van der Waals surface area contributed by atoms with Crippen LogP contribution in [0.1, 0.15) is 41.2 Å². The summed E-state index contributed by atoms with van der Waals surface area (Å²) in [5, 5.41) is 11.9. The standard InChI is InChI=1S/C26H31N3O2/c1-17-6-7-21-22(26(17)30)14-24(31-25(21)15-27)18-9-12-29(13-10-18)16-19-8-11-28-23-5-3-2-4-20(19)23/h2-8,11,18,24-25,30H,9-10,12-16,27H2,1H3. The van der Waals surface area contributed by atoms with Gasteiger partial charge in [-0.1, -0.05) is 30.3 Å². The number of likely N-dealkylation sites (tertiary alicyclic amines) is 1. The van der Waals surface area contributed by atoms with Crippen molar-refractivity contribution in [1.29, 1.82) is 0 Å². The van der Waals surface area contributed by atoms with Crippen LogP contribution in [0.25, 0.3) is 10.9 Å². The van der Waals surface area contributed by atoms with Crippen LogP contribution in [-0.2, 0) is 17.7 Å². The molecule has 31 heavy (non-hydrogen) atoms. The number of aromatic nitrogens is 1. The van der Waals surface area contributed by atoms with Crippen molar-refractivity contribution in [3.63, 3.8) is 0 Å². The molecule has 1 aromatic heterocycles. The van der Waals surface area contributed by atoms with E-state index >= 15 is 0 Å².